The number of carbonyl (C=O) groups excluding carboxylic acids is 1. The van der Waals surface area contributed by atoms with Gasteiger partial charge in [0.1, 0.15) is 5.82 Å². The van der Waals surface area contributed by atoms with Crippen molar-refractivity contribution in [2.45, 2.75) is 77.1 Å². The van der Waals surface area contributed by atoms with Crippen molar-refractivity contribution in [2.24, 2.45) is 11.3 Å². The zero-order valence-corrected chi connectivity index (χ0v) is 22.9. The number of fused-ring (bicyclic) bond motifs is 1. The Balaban J connectivity index is 1.25. The highest BCUT2D eigenvalue weighted by Gasteiger charge is 2.51. The molecule has 0 spiro atoms. The van der Waals surface area contributed by atoms with E-state index in [1.807, 2.05) is 0 Å². The highest BCUT2D eigenvalue weighted by molar-refractivity contribution is 5.88. The van der Waals surface area contributed by atoms with Crippen molar-refractivity contribution in [3.05, 3.63) is 70.0 Å². The lowest BCUT2D eigenvalue weighted by molar-refractivity contribution is -0.146. The van der Waals surface area contributed by atoms with Crippen LogP contribution < -0.4 is 0 Å². The first-order valence-corrected chi connectivity index (χ1v) is 14.1. The van der Waals surface area contributed by atoms with Crippen LogP contribution in [0.2, 0.25) is 0 Å². The van der Waals surface area contributed by atoms with Gasteiger partial charge in [0.15, 0.2) is 0 Å². The molecule has 5 nitrogen and oxygen atoms in total. The number of alkyl halides is 3. The van der Waals surface area contributed by atoms with Gasteiger partial charge >= 0.3 is 12.1 Å². The predicted molar refractivity (Wildman–Crippen MR) is 142 cm³/mol. The van der Waals surface area contributed by atoms with Crippen LogP contribution in [0.3, 0.4) is 0 Å². The Kier molecular flexibility index (Phi) is 7.72. The van der Waals surface area contributed by atoms with Crippen LogP contribution in [-0.2, 0) is 23.9 Å². The molecule has 1 aliphatic carbocycles. The number of hydrogen-bond acceptors (Lipinski definition) is 3. The van der Waals surface area contributed by atoms with E-state index < -0.39 is 28.9 Å². The minimum absolute atomic E-state index is 0.0514. The monoisotopic (exact) mass is 560 g/mol. The number of aromatic carboxylic acids is 1. The topological polar surface area (TPSA) is 60.9 Å². The zero-order chi connectivity index (χ0) is 28.8. The van der Waals surface area contributed by atoms with Crippen molar-refractivity contribution in [2.75, 3.05) is 19.6 Å². The maximum Gasteiger partial charge on any atom is 0.416 e. The first-order chi connectivity index (χ1) is 18.9. The second-order valence-electron chi connectivity index (χ2n) is 12.0. The number of piperidine rings is 1. The molecule has 0 unspecified atom stereocenters. The zero-order valence-electron chi connectivity index (χ0n) is 22.9. The van der Waals surface area contributed by atoms with Gasteiger partial charge in [0.25, 0.3) is 0 Å². The van der Waals surface area contributed by atoms with Crippen LogP contribution in [-0.4, -0.2) is 52.5 Å². The minimum atomic E-state index is -4.41. The summed E-state index contributed by atoms with van der Waals surface area (Å²) >= 11 is 0. The van der Waals surface area contributed by atoms with Crippen LogP contribution in [0.4, 0.5) is 17.6 Å². The molecule has 0 bridgehead atoms. The molecule has 0 radical (unpaired) electrons. The van der Waals surface area contributed by atoms with Crippen LogP contribution in [0, 0.1) is 17.2 Å². The number of likely N-dealkylation sites (tertiary alicyclic amines) is 1. The van der Waals surface area contributed by atoms with Gasteiger partial charge in [0, 0.05) is 19.1 Å². The molecule has 2 aromatic rings. The highest BCUT2D eigenvalue weighted by Crippen LogP contribution is 2.49. The molecule has 1 amide bonds. The molecular weight excluding hydrogens is 524 g/mol. The maximum atomic E-state index is 14.0. The summed E-state index contributed by atoms with van der Waals surface area (Å²) < 4.78 is 53.8. The fraction of sp³-hybridized carbons (Fsp3) is 0.548. The molecule has 40 heavy (non-hydrogen) atoms. The van der Waals surface area contributed by atoms with Gasteiger partial charge in [-0.2, -0.15) is 13.2 Å². The van der Waals surface area contributed by atoms with E-state index in [-0.39, 0.29) is 35.9 Å². The molecule has 1 saturated heterocycles. The number of rotatable bonds is 5. The van der Waals surface area contributed by atoms with Gasteiger partial charge in [-0.25, -0.2) is 9.18 Å². The average molecular weight is 561 g/mol. The maximum absolute atomic E-state index is 14.0. The fourth-order valence-corrected chi connectivity index (χ4v) is 7.11. The molecule has 2 aromatic carbocycles. The van der Waals surface area contributed by atoms with E-state index in [1.54, 1.807) is 17.0 Å². The number of benzene rings is 2. The summed E-state index contributed by atoms with van der Waals surface area (Å²) in [5, 5.41) is 9.28. The molecule has 0 aromatic heterocycles. The van der Waals surface area contributed by atoms with Crippen molar-refractivity contribution in [3.8, 4) is 0 Å². The van der Waals surface area contributed by atoms with Gasteiger partial charge in [-0.1, -0.05) is 26.0 Å². The van der Waals surface area contributed by atoms with Gasteiger partial charge in [-0.05, 0) is 104 Å². The van der Waals surface area contributed by atoms with Crippen molar-refractivity contribution in [1.82, 2.24) is 9.80 Å². The van der Waals surface area contributed by atoms with Crippen molar-refractivity contribution >= 4 is 11.9 Å². The normalized spacial score (nSPS) is 24.4. The summed E-state index contributed by atoms with van der Waals surface area (Å²) in [7, 11) is 0. The van der Waals surface area contributed by atoms with E-state index in [0.29, 0.717) is 18.5 Å². The Morgan fingerprint density at radius 2 is 1.73 bits per heavy atom. The molecule has 3 aliphatic rings. The first-order valence-electron chi connectivity index (χ1n) is 14.1. The molecule has 216 valence electrons. The number of halogens is 4. The van der Waals surface area contributed by atoms with Crippen molar-refractivity contribution < 1.29 is 32.3 Å². The number of nitrogens with zero attached hydrogens (tertiary/aromatic N) is 2. The summed E-state index contributed by atoms with van der Waals surface area (Å²) in [6, 6.07) is 8.45. The molecule has 5 rings (SSSR count). The Morgan fingerprint density at radius 3 is 2.38 bits per heavy atom. The van der Waals surface area contributed by atoms with Gasteiger partial charge < -0.3 is 14.9 Å². The molecule has 2 fully saturated rings. The smallest absolute Gasteiger partial charge is 0.416 e. The molecule has 1 N–H and O–H groups in total. The van der Waals surface area contributed by atoms with Crippen LogP contribution in [0.1, 0.15) is 84.5 Å². The van der Waals surface area contributed by atoms with Crippen molar-refractivity contribution in [3.63, 3.8) is 0 Å². The van der Waals surface area contributed by atoms with E-state index in [4.69, 9.17) is 0 Å². The second-order valence-corrected chi connectivity index (χ2v) is 12.0. The summed E-state index contributed by atoms with van der Waals surface area (Å²) in [5.41, 5.74) is 0.773. The fourth-order valence-electron chi connectivity index (χ4n) is 7.11. The standard InChI is InChI=1S/C31H36F4N2O3/c1-19(2)30(29(40)37-14-10-20-3-5-24(31(33,34)35)15-23(20)18-37)11-7-25(17-30)36-12-8-21(9-13-36)22-4-6-27(32)26(16-22)28(38)39/h3-6,15-16,19,21,25H,7-14,17-18H2,1-2H3,(H,38,39)/t25-,30+/m1/s1. The highest BCUT2D eigenvalue weighted by atomic mass is 19.4. The quantitative estimate of drug-likeness (QED) is 0.424. The third-order valence-electron chi connectivity index (χ3n) is 9.63. The minimum Gasteiger partial charge on any atom is -0.478 e. The lowest BCUT2D eigenvalue weighted by Gasteiger charge is -2.41. The first kappa shape index (κ1) is 28.6. The Morgan fingerprint density at radius 1 is 1.00 bits per heavy atom. The summed E-state index contributed by atoms with van der Waals surface area (Å²) in [6.45, 7) is 6.49. The third kappa shape index (κ3) is 5.37. The summed E-state index contributed by atoms with van der Waals surface area (Å²) in [5.74, 6) is -1.69. The predicted octanol–water partition coefficient (Wildman–Crippen LogP) is 6.50. The number of amides is 1. The lowest BCUT2D eigenvalue weighted by Crippen LogP contribution is -2.48. The molecule has 2 atom stereocenters. The Bertz CT molecular complexity index is 1290. The van der Waals surface area contributed by atoms with Crippen LogP contribution in [0.25, 0.3) is 0 Å². The van der Waals surface area contributed by atoms with Gasteiger partial charge in [-0.3, -0.25) is 4.79 Å². The van der Waals surface area contributed by atoms with Crippen LogP contribution >= 0.6 is 0 Å². The molecular formula is C31H36F4N2O3. The Labute approximate surface area is 232 Å². The van der Waals surface area contributed by atoms with E-state index in [1.165, 1.54) is 18.2 Å². The summed E-state index contributed by atoms with van der Waals surface area (Å²) in [4.78, 5) is 29.6. The Hall–Kier alpha value is -2.94. The van der Waals surface area contributed by atoms with Crippen molar-refractivity contribution in [1.29, 1.82) is 0 Å². The second kappa shape index (κ2) is 10.8. The van der Waals surface area contributed by atoms with E-state index in [0.717, 1.165) is 62.4 Å². The SMILES string of the molecule is CC(C)[C@]1(C(=O)N2CCc3ccc(C(F)(F)F)cc3C2)CC[C@@H](N2CCC(c3ccc(F)c(C(=O)O)c3)CC2)C1. The third-order valence-corrected chi connectivity index (χ3v) is 9.63. The van der Waals surface area contributed by atoms with E-state index in [9.17, 15) is 32.3 Å². The molecule has 2 aliphatic heterocycles. The summed E-state index contributed by atoms with van der Waals surface area (Å²) in [6.07, 6.45) is 0.151. The number of carbonyl (C=O) groups is 2. The van der Waals surface area contributed by atoms with Crippen LogP contribution in [0.5, 0.6) is 0 Å². The molecule has 9 heteroatoms. The molecule has 1 saturated carbocycles. The van der Waals surface area contributed by atoms with Gasteiger partial charge in [-0.15, -0.1) is 0 Å². The number of carboxylic acid groups (broad SMARTS) is 1. The van der Waals surface area contributed by atoms with E-state index >= 15 is 0 Å². The lowest BCUT2D eigenvalue weighted by atomic mass is 9.73. The van der Waals surface area contributed by atoms with E-state index in [2.05, 4.69) is 18.7 Å². The average Bonchev–Trinajstić information content (AvgIpc) is 3.39. The largest absolute Gasteiger partial charge is 0.478 e. The van der Waals surface area contributed by atoms with Gasteiger partial charge in [0.05, 0.1) is 16.5 Å². The van der Waals surface area contributed by atoms with Crippen LogP contribution in [0.15, 0.2) is 36.4 Å². The van der Waals surface area contributed by atoms with Gasteiger partial charge in [0.2, 0.25) is 5.91 Å². The molecule has 2 heterocycles. The number of carboxylic acids is 1. The number of hydrogen-bond donors (Lipinski definition) is 1.